The number of nitrogens with one attached hydrogen (secondary N) is 1. The maximum Gasteiger partial charge on any atom is 0.417 e. The van der Waals surface area contributed by atoms with Crippen LogP contribution < -0.4 is 5.32 Å². The zero-order valence-corrected chi connectivity index (χ0v) is 13.9. The van der Waals surface area contributed by atoms with Crippen molar-refractivity contribution in [2.45, 2.75) is 26.4 Å². The van der Waals surface area contributed by atoms with Gasteiger partial charge in [0, 0.05) is 26.0 Å². The zero-order valence-electron chi connectivity index (χ0n) is 13.9. The molecule has 0 unspecified atom stereocenters. The Balaban J connectivity index is 2.06. The Kier molecular flexibility index (Phi) is 6.13. The van der Waals surface area contributed by atoms with E-state index in [1.165, 1.54) is 16.9 Å². The van der Waals surface area contributed by atoms with Crippen LogP contribution >= 0.6 is 0 Å². The highest BCUT2D eigenvalue weighted by atomic mass is 19.4. The molecule has 0 bridgehead atoms. The van der Waals surface area contributed by atoms with Crippen LogP contribution in [-0.2, 0) is 10.9 Å². The van der Waals surface area contributed by atoms with Crippen molar-refractivity contribution < 1.29 is 22.7 Å². The minimum Gasteiger partial charge on any atom is -0.382 e. The quantitative estimate of drug-likeness (QED) is 0.775. The van der Waals surface area contributed by atoms with E-state index in [0.717, 1.165) is 12.3 Å². The summed E-state index contributed by atoms with van der Waals surface area (Å²) in [5.41, 5.74) is 0.000925. The van der Waals surface area contributed by atoms with Gasteiger partial charge in [0.2, 0.25) is 0 Å². The largest absolute Gasteiger partial charge is 0.417 e. The first-order valence-corrected chi connectivity index (χ1v) is 7.78. The number of alkyl halides is 3. The lowest BCUT2D eigenvalue weighted by Gasteiger charge is -2.08. The van der Waals surface area contributed by atoms with Crippen LogP contribution in [0.3, 0.4) is 0 Å². The van der Waals surface area contributed by atoms with Gasteiger partial charge in [-0.25, -0.2) is 9.67 Å². The average molecular weight is 356 g/mol. The lowest BCUT2D eigenvalue weighted by atomic mass is 10.2. The number of pyridine rings is 1. The first-order chi connectivity index (χ1) is 11.8. The van der Waals surface area contributed by atoms with E-state index in [2.05, 4.69) is 15.4 Å². The molecule has 136 valence electrons. The van der Waals surface area contributed by atoms with E-state index in [9.17, 15) is 18.0 Å². The van der Waals surface area contributed by atoms with Crippen molar-refractivity contribution in [2.75, 3.05) is 19.8 Å². The molecule has 1 amide bonds. The van der Waals surface area contributed by atoms with Gasteiger partial charge in [-0.05, 0) is 32.4 Å². The van der Waals surface area contributed by atoms with Crippen molar-refractivity contribution in [1.82, 2.24) is 20.1 Å². The molecule has 1 N–H and O–H groups in total. The van der Waals surface area contributed by atoms with Crippen LogP contribution in [0.1, 0.15) is 35.0 Å². The molecule has 9 heteroatoms. The van der Waals surface area contributed by atoms with E-state index in [-0.39, 0.29) is 11.7 Å². The Labute approximate surface area is 143 Å². The number of aromatic nitrogens is 3. The first kappa shape index (κ1) is 18.9. The number of carbonyl (C=O) groups is 1. The number of rotatable bonds is 7. The number of halogens is 3. The van der Waals surface area contributed by atoms with Crippen LogP contribution in [0.5, 0.6) is 0 Å². The van der Waals surface area contributed by atoms with Crippen molar-refractivity contribution in [2.24, 2.45) is 0 Å². The van der Waals surface area contributed by atoms with Crippen LogP contribution in [0.15, 0.2) is 24.5 Å². The molecule has 0 fully saturated rings. The smallest absolute Gasteiger partial charge is 0.382 e. The molecule has 0 saturated heterocycles. The van der Waals surface area contributed by atoms with Gasteiger partial charge in [-0.2, -0.15) is 18.3 Å². The molecule has 0 aliphatic rings. The number of amides is 1. The van der Waals surface area contributed by atoms with Crippen LogP contribution in [0.2, 0.25) is 0 Å². The fourth-order valence-electron chi connectivity index (χ4n) is 2.16. The summed E-state index contributed by atoms with van der Waals surface area (Å²) in [6, 6.07) is 2.14. The molecule has 2 aromatic heterocycles. The van der Waals surface area contributed by atoms with E-state index < -0.39 is 11.7 Å². The summed E-state index contributed by atoms with van der Waals surface area (Å²) in [5.74, 6) is -0.0898. The second-order valence-electron chi connectivity index (χ2n) is 5.26. The summed E-state index contributed by atoms with van der Waals surface area (Å²) >= 11 is 0. The van der Waals surface area contributed by atoms with Gasteiger partial charge < -0.3 is 10.1 Å². The molecule has 0 spiro atoms. The van der Waals surface area contributed by atoms with Crippen molar-refractivity contribution in [3.8, 4) is 5.82 Å². The van der Waals surface area contributed by atoms with Crippen molar-refractivity contribution in [1.29, 1.82) is 0 Å². The first-order valence-electron chi connectivity index (χ1n) is 7.78. The molecule has 2 aromatic rings. The fraction of sp³-hybridized carbons (Fsp3) is 0.438. The highest BCUT2D eigenvalue weighted by Gasteiger charge is 2.30. The Bertz CT molecular complexity index is 711. The van der Waals surface area contributed by atoms with Gasteiger partial charge in [0.05, 0.1) is 23.0 Å². The maximum atomic E-state index is 12.6. The van der Waals surface area contributed by atoms with Gasteiger partial charge in [-0.1, -0.05) is 0 Å². The molecule has 0 atom stereocenters. The SMILES string of the molecule is CCOCCCNC(=O)c1cnn(-c2ccc(C(F)(F)F)cn2)c1C. The molecule has 0 aliphatic carbocycles. The van der Waals surface area contributed by atoms with Crippen LogP contribution in [0.25, 0.3) is 5.82 Å². The monoisotopic (exact) mass is 356 g/mol. The molecular weight excluding hydrogens is 337 g/mol. The van der Waals surface area contributed by atoms with E-state index in [1.54, 1.807) is 6.92 Å². The van der Waals surface area contributed by atoms with Gasteiger partial charge in [0.25, 0.3) is 5.91 Å². The van der Waals surface area contributed by atoms with Crippen molar-refractivity contribution in [3.05, 3.63) is 41.3 Å². The highest BCUT2D eigenvalue weighted by Crippen LogP contribution is 2.28. The fourth-order valence-corrected chi connectivity index (χ4v) is 2.16. The number of hydrogen-bond acceptors (Lipinski definition) is 4. The summed E-state index contributed by atoms with van der Waals surface area (Å²) in [6.45, 7) is 5.19. The molecule has 2 heterocycles. The van der Waals surface area contributed by atoms with E-state index in [0.29, 0.717) is 37.4 Å². The van der Waals surface area contributed by atoms with Gasteiger partial charge in [0.1, 0.15) is 0 Å². The van der Waals surface area contributed by atoms with Crippen LogP contribution in [0.4, 0.5) is 13.2 Å². The van der Waals surface area contributed by atoms with Gasteiger partial charge in [0.15, 0.2) is 5.82 Å². The Morgan fingerprint density at radius 3 is 2.68 bits per heavy atom. The highest BCUT2D eigenvalue weighted by molar-refractivity contribution is 5.95. The molecule has 0 aliphatic heterocycles. The molecule has 0 aromatic carbocycles. The number of ether oxygens (including phenoxy) is 1. The molecule has 0 radical (unpaired) electrons. The average Bonchev–Trinajstić information content (AvgIpc) is 2.95. The number of carbonyl (C=O) groups excluding carboxylic acids is 1. The normalized spacial score (nSPS) is 11.6. The Morgan fingerprint density at radius 1 is 1.32 bits per heavy atom. The van der Waals surface area contributed by atoms with Crippen LogP contribution in [-0.4, -0.2) is 40.4 Å². The molecular formula is C16H19F3N4O2. The third-order valence-electron chi connectivity index (χ3n) is 3.50. The Hall–Kier alpha value is -2.42. The summed E-state index contributed by atoms with van der Waals surface area (Å²) in [5, 5.41) is 6.80. The van der Waals surface area contributed by atoms with E-state index in [4.69, 9.17) is 4.74 Å². The third-order valence-corrected chi connectivity index (χ3v) is 3.50. The lowest BCUT2D eigenvalue weighted by Crippen LogP contribution is -2.25. The topological polar surface area (TPSA) is 69.0 Å². The molecule has 0 saturated carbocycles. The number of nitrogens with zero attached hydrogens (tertiary/aromatic N) is 3. The predicted molar refractivity (Wildman–Crippen MR) is 84.5 cm³/mol. The summed E-state index contributed by atoms with van der Waals surface area (Å²) < 4.78 is 44.3. The Morgan fingerprint density at radius 2 is 2.08 bits per heavy atom. The van der Waals surface area contributed by atoms with Gasteiger partial charge in [-0.15, -0.1) is 0 Å². The predicted octanol–water partition coefficient (Wildman–Crippen LogP) is 2.75. The van der Waals surface area contributed by atoms with E-state index >= 15 is 0 Å². The minimum atomic E-state index is -4.45. The van der Waals surface area contributed by atoms with Gasteiger partial charge in [-0.3, -0.25) is 4.79 Å². The molecule has 6 nitrogen and oxygen atoms in total. The third kappa shape index (κ3) is 4.79. The lowest BCUT2D eigenvalue weighted by molar-refractivity contribution is -0.137. The standard InChI is InChI=1S/C16H19F3N4O2/c1-3-25-8-4-7-20-15(24)13-10-22-23(11(13)2)14-6-5-12(9-21-14)16(17,18)19/h5-6,9-10H,3-4,7-8H2,1-2H3,(H,20,24). The number of hydrogen-bond donors (Lipinski definition) is 1. The summed E-state index contributed by atoms with van der Waals surface area (Å²) in [6.07, 6.45) is -1.65. The van der Waals surface area contributed by atoms with E-state index in [1.807, 2.05) is 6.92 Å². The minimum absolute atomic E-state index is 0.209. The summed E-state index contributed by atoms with van der Waals surface area (Å²) in [7, 11) is 0. The second-order valence-corrected chi connectivity index (χ2v) is 5.26. The summed E-state index contributed by atoms with van der Waals surface area (Å²) in [4.78, 5) is 15.9. The van der Waals surface area contributed by atoms with Crippen molar-refractivity contribution in [3.63, 3.8) is 0 Å². The second kappa shape index (κ2) is 8.11. The maximum absolute atomic E-state index is 12.6. The van der Waals surface area contributed by atoms with Gasteiger partial charge >= 0.3 is 6.18 Å². The van der Waals surface area contributed by atoms with Crippen molar-refractivity contribution >= 4 is 5.91 Å². The van der Waals surface area contributed by atoms with Crippen LogP contribution in [0, 0.1) is 6.92 Å². The molecule has 25 heavy (non-hydrogen) atoms. The molecule has 2 rings (SSSR count). The zero-order chi connectivity index (χ0) is 18.4.